The van der Waals surface area contributed by atoms with Crippen molar-refractivity contribution < 1.29 is 13.2 Å². The van der Waals surface area contributed by atoms with Gasteiger partial charge in [-0.05, 0) is 29.8 Å². The van der Waals surface area contributed by atoms with Gasteiger partial charge in [0.05, 0.1) is 6.26 Å². The highest BCUT2D eigenvalue weighted by atomic mass is 19.1. The normalized spacial score (nSPS) is 15.2. The average molecular weight is 352 g/mol. The fourth-order valence-corrected chi connectivity index (χ4v) is 3.11. The van der Waals surface area contributed by atoms with Gasteiger partial charge in [-0.2, -0.15) is 10.2 Å². The van der Waals surface area contributed by atoms with Crippen LogP contribution in [0.1, 0.15) is 11.3 Å². The zero-order chi connectivity index (χ0) is 17.9. The molecule has 26 heavy (non-hydrogen) atoms. The first-order valence-electron chi connectivity index (χ1n) is 8.39. The van der Waals surface area contributed by atoms with Crippen LogP contribution in [0.2, 0.25) is 0 Å². The van der Waals surface area contributed by atoms with Crippen LogP contribution in [0.5, 0.6) is 0 Å². The quantitative estimate of drug-likeness (QED) is 0.718. The van der Waals surface area contributed by atoms with Crippen LogP contribution in [-0.4, -0.2) is 36.1 Å². The molecule has 0 unspecified atom stereocenters. The smallest absolute Gasteiger partial charge is 0.266 e. The number of oxazole rings is 1. The zero-order valence-corrected chi connectivity index (χ0v) is 14.1. The number of furan rings is 1. The fraction of sp³-hybridized carbons (Fsp3) is 0.263. The first-order chi connectivity index (χ1) is 12.7. The largest absolute Gasteiger partial charge is 0.459 e. The highest BCUT2D eigenvalue weighted by molar-refractivity contribution is 5.55. The molecule has 0 radical (unpaired) electrons. The van der Waals surface area contributed by atoms with E-state index in [1.165, 1.54) is 12.3 Å². The SMILES string of the molecule is N#Cc1nc(-c2ccco2)oc1N1CCN(Cc2cccc(F)c2)CC1. The predicted octanol–water partition coefficient (Wildman–Crippen LogP) is 3.27. The average Bonchev–Trinajstić information content (AvgIpc) is 3.32. The van der Waals surface area contributed by atoms with Crippen molar-refractivity contribution in [3.05, 3.63) is 59.7 Å². The van der Waals surface area contributed by atoms with Gasteiger partial charge < -0.3 is 13.7 Å². The van der Waals surface area contributed by atoms with Crippen molar-refractivity contribution in [2.24, 2.45) is 0 Å². The van der Waals surface area contributed by atoms with E-state index in [0.717, 1.165) is 18.7 Å². The summed E-state index contributed by atoms with van der Waals surface area (Å²) in [4.78, 5) is 8.49. The minimum Gasteiger partial charge on any atom is -0.459 e. The van der Waals surface area contributed by atoms with Crippen LogP contribution >= 0.6 is 0 Å². The molecule has 1 fully saturated rings. The molecule has 0 aliphatic carbocycles. The van der Waals surface area contributed by atoms with Gasteiger partial charge in [0.25, 0.3) is 5.89 Å². The fourth-order valence-electron chi connectivity index (χ4n) is 3.11. The van der Waals surface area contributed by atoms with E-state index in [1.807, 2.05) is 11.0 Å². The number of nitriles is 1. The number of anilines is 1. The Morgan fingerprint density at radius 1 is 1.15 bits per heavy atom. The van der Waals surface area contributed by atoms with E-state index in [4.69, 9.17) is 8.83 Å². The lowest BCUT2D eigenvalue weighted by Gasteiger charge is -2.34. The molecule has 1 aliphatic rings. The Balaban J connectivity index is 1.44. The zero-order valence-electron chi connectivity index (χ0n) is 14.1. The highest BCUT2D eigenvalue weighted by Crippen LogP contribution is 2.29. The summed E-state index contributed by atoms with van der Waals surface area (Å²) < 4.78 is 24.4. The van der Waals surface area contributed by atoms with Crippen molar-refractivity contribution in [1.29, 1.82) is 5.26 Å². The van der Waals surface area contributed by atoms with E-state index in [-0.39, 0.29) is 11.5 Å². The summed E-state index contributed by atoms with van der Waals surface area (Å²) in [5.41, 5.74) is 1.21. The number of hydrogen-bond acceptors (Lipinski definition) is 6. The van der Waals surface area contributed by atoms with Crippen molar-refractivity contribution in [3.8, 4) is 17.7 Å². The second kappa shape index (κ2) is 7.02. The van der Waals surface area contributed by atoms with Crippen molar-refractivity contribution in [1.82, 2.24) is 9.88 Å². The van der Waals surface area contributed by atoms with Crippen molar-refractivity contribution in [2.45, 2.75) is 6.54 Å². The Morgan fingerprint density at radius 2 is 2.00 bits per heavy atom. The second-order valence-electron chi connectivity index (χ2n) is 6.15. The van der Waals surface area contributed by atoms with Crippen LogP contribution in [0.3, 0.4) is 0 Å². The van der Waals surface area contributed by atoms with Gasteiger partial charge in [-0.15, -0.1) is 0 Å². The van der Waals surface area contributed by atoms with Gasteiger partial charge in [0.2, 0.25) is 11.6 Å². The maximum Gasteiger partial charge on any atom is 0.266 e. The Morgan fingerprint density at radius 3 is 2.69 bits per heavy atom. The maximum absolute atomic E-state index is 13.3. The van der Waals surface area contributed by atoms with Gasteiger partial charge in [-0.25, -0.2) is 4.39 Å². The Hall–Kier alpha value is -3.11. The minimum atomic E-state index is -0.216. The Labute approximate surface area is 150 Å². The summed E-state index contributed by atoms with van der Waals surface area (Å²) in [6.07, 6.45) is 1.54. The first kappa shape index (κ1) is 16.4. The van der Waals surface area contributed by atoms with Gasteiger partial charge in [-0.1, -0.05) is 12.1 Å². The monoisotopic (exact) mass is 352 g/mol. The number of halogens is 1. The third-order valence-electron chi connectivity index (χ3n) is 4.40. The Bertz CT molecular complexity index is 921. The molecule has 7 heteroatoms. The molecule has 0 saturated carbocycles. The lowest BCUT2D eigenvalue weighted by molar-refractivity contribution is 0.246. The van der Waals surface area contributed by atoms with E-state index in [0.29, 0.717) is 37.2 Å². The maximum atomic E-state index is 13.3. The highest BCUT2D eigenvalue weighted by Gasteiger charge is 2.25. The number of hydrogen-bond donors (Lipinski definition) is 0. The molecule has 0 spiro atoms. The number of aromatic nitrogens is 1. The van der Waals surface area contributed by atoms with Crippen LogP contribution in [0, 0.1) is 17.1 Å². The molecule has 1 aromatic carbocycles. The molecule has 4 rings (SSSR count). The first-order valence-corrected chi connectivity index (χ1v) is 8.39. The van der Waals surface area contributed by atoms with Crippen LogP contribution in [-0.2, 0) is 6.54 Å². The molecule has 1 saturated heterocycles. The molecule has 0 N–H and O–H groups in total. The number of rotatable bonds is 4. The van der Waals surface area contributed by atoms with E-state index in [1.54, 1.807) is 24.3 Å². The van der Waals surface area contributed by atoms with E-state index < -0.39 is 0 Å². The lowest BCUT2D eigenvalue weighted by atomic mass is 10.2. The standard InChI is InChI=1S/C19H17FN4O2/c20-15-4-1-3-14(11-15)13-23-6-8-24(9-7-23)19-16(12-21)22-18(26-19)17-5-2-10-25-17/h1-5,10-11H,6-9,13H2. The van der Waals surface area contributed by atoms with E-state index in [9.17, 15) is 9.65 Å². The lowest BCUT2D eigenvalue weighted by Crippen LogP contribution is -2.46. The summed E-state index contributed by atoms with van der Waals surface area (Å²) in [5.74, 6) is 1.07. The van der Waals surface area contributed by atoms with Gasteiger partial charge in [-0.3, -0.25) is 4.90 Å². The molecular weight excluding hydrogens is 335 g/mol. The van der Waals surface area contributed by atoms with Crippen LogP contribution in [0.4, 0.5) is 10.3 Å². The molecule has 0 bridgehead atoms. The molecule has 132 valence electrons. The summed E-state index contributed by atoms with van der Waals surface area (Å²) in [7, 11) is 0. The minimum absolute atomic E-state index is 0.216. The topological polar surface area (TPSA) is 69.4 Å². The van der Waals surface area contributed by atoms with E-state index in [2.05, 4.69) is 16.0 Å². The second-order valence-corrected chi connectivity index (χ2v) is 6.15. The van der Waals surface area contributed by atoms with Gasteiger partial charge in [0, 0.05) is 32.7 Å². The molecule has 3 heterocycles. The van der Waals surface area contributed by atoms with E-state index >= 15 is 0 Å². The third-order valence-corrected chi connectivity index (χ3v) is 4.40. The van der Waals surface area contributed by atoms with Crippen molar-refractivity contribution in [2.75, 3.05) is 31.1 Å². The van der Waals surface area contributed by atoms with Crippen LogP contribution in [0.25, 0.3) is 11.7 Å². The number of piperazine rings is 1. The van der Waals surface area contributed by atoms with Crippen LogP contribution < -0.4 is 4.90 Å². The van der Waals surface area contributed by atoms with Gasteiger partial charge in [0.15, 0.2) is 5.76 Å². The van der Waals surface area contributed by atoms with Gasteiger partial charge >= 0.3 is 0 Å². The molecule has 6 nitrogen and oxygen atoms in total. The molecule has 2 aromatic heterocycles. The number of nitrogens with zero attached hydrogens (tertiary/aromatic N) is 4. The van der Waals surface area contributed by atoms with Crippen molar-refractivity contribution >= 4 is 5.88 Å². The molecule has 0 amide bonds. The molecule has 0 atom stereocenters. The Kier molecular flexibility index (Phi) is 4.42. The molecule has 3 aromatic rings. The van der Waals surface area contributed by atoms with Gasteiger partial charge in [0.1, 0.15) is 11.9 Å². The summed E-state index contributed by atoms with van der Waals surface area (Å²) in [5, 5.41) is 9.36. The van der Waals surface area contributed by atoms with Crippen molar-refractivity contribution in [3.63, 3.8) is 0 Å². The predicted molar refractivity (Wildman–Crippen MR) is 92.8 cm³/mol. The third kappa shape index (κ3) is 3.32. The molecule has 1 aliphatic heterocycles. The summed E-state index contributed by atoms with van der Waals surface area (Å²) in [6.45, 7) is 3.69. The molecular formula is C19H17FN4O2. The summed E-state index contributed by atoms with van der Waals surface area (Å²) in [6, 6.07) is 12.2. The summed E-state index contributed by atoms with van der Waals surface area (Å²) >= 11 is 0. The van der Waals surface area contributed by atoms with Crippen LogP contribution in [0.15, 0.2) is 51.5 Å². The number of benzene rings is 1.